The molecule has 0 radical (unpaired) electrons. The molecule has 1 aliphatic heterocycles. The summed E-state index contributed by atoms with van der Waals surface area (Å²) in [6.45, 7) is 12.4. The van der Waals surface area contributed by atoms with Crippen molar-refractivity contribution in [3.63, 3.8) is 0 Å². The number of aromatic nitrogens is 1. The van der Waals surface area contributed by atoms with Crippen molar-refractivity contribution in [1.29, 1.82) is 0 Å². The average molecular weight is 498 g/mol. The highest BCUT2D eigenvalue weighted by Gasteiger charge is 2.46. The second-order valence-corrected chi connectivity index (χ2v) is 8.64. The molecule has 1 aliphatic rings. The van der Waals surface area contributed by atoms with Crippen molar-refractivity contribution in [2.45, 2.75) is 40.7 Å². The topological polar surface area (TPSA) is 112 Å². The van der Waals surface area contributed by atoms with Crippen LogP contribution in [0.3, 0.4) is 0 Å². The number of rotatable bonds is 10. The standard InChI is InChI=1S/C27H35N3O6/c1-7-29(8-2)14-15-30-23(18-10-12-19(13-11-18)36-9-3)21(25(32)26(30)33)24(31)20-16(4)22(27(34)35-6)28-17(20)5/h10-13,23,28,31H,7-9,14-15H2,1-6H3/t23-/m1/s1. The van der Waals surface area contributed by atoms with Crippen molar-refractivity contribution >= 4 is 23.4 Å². The van der Waals surface area contributed by atoms with Gasteiger partial charge in [-0.1, -0.05) is 26.0 Å². The third-order valence-electron chi connectivity index (χ3n) is 6.66. The van der Waals surface area contributed by atoms with Crippen molar-refractivity contribution in [2.24, 2.45) is 0 Å². The van der Waals surface area contributed by atoms with Crippen LogP contribution in [0, 0.1) is 13.8 Å². The highest BCUT2D eigenvalue weighted by molar-refractivity contribution is 6.46. The molecule has 36 heavy (non-hydrogen) atoms. The van der Waals surface area contributed by atoms with Crippen molar-refractivity contribution in [2.75, 3.05) is 39.9 Å². The van der Waals surface area contributed by atoms with E-state index in [2.05, 4.69) is 9.88 Å². The van der Waals surface area contributed by atoms with E-state index in [1.165, 1.54) is 12.0 Å². The Balaban J connectivity index is 2.16. The van der Waals surface area contributed by atoms with E-state index in [1.807, 2.05) is 20.8 Å². The molecule has 0 aliphatic carbocycles. The number of aliphatic hydroxyl groups excluding tert-OH is 1. The number of esters is 1. The lowest BCUT2D eigenvalue weighted by atomic mass is 9.94. The molecule has 9 nitrogen and oxygen atoms in total. The molecule has 0 spiro atoms. The summed E-state index contributed by atoms with van der Waals surface area (Å²) in [4.78, 5) is 45.4. The molecule has 2 heterocycles. The maximum Gasteiger partial charge on any atom is 0.354 e. The van der Waals surface area contributed by atoms with Crippen molar-refractivity contribution < 1.29 is 29.0 Å². The Kier molecular flexibility index (Phi) is 8.57. The van der Waals surface area contributed by atoms with Gasteiger partial charge >= 0.3 is 5.97 Å². The Morgan fingerprint density at radius 3 is 2.31 bits per heavy atom. The summed E-state index contributed by atoms with van der Waals surface area (Å²) < 4.78 is 10.4. The van der Waals surface area contributed by atoms with E-state index in [0.29, 0.717) is 47.8 Å². The second kappa shape index (κ2) is 11.4. The Bertz CT molecular complexity index is 1160. The number of amides is 1. The van der Waals surface area contributed by atoms with E-state index in [0.717, 1.165) is 13.1 Å². The predicted molar refractivity (Wildman–Crippen MR) is 136 cm³/mol. The van der Waals surface area contributed by atoms with E-state index in [9.17, 15) is 19.5 Å². The lowest BCUT2D eigenvalue weighted by Crippen LogP contribution is -2.38. The number of aryl methyl sites for hydroxylation is 1. The third-order valence-corrected chi connectivity index (χ3v) is 6.66. The van der Waals surface area contributed by atoms with Crippen molar-refractivity contribution in [1.82, 2.24) is 14.8 Å². The summed E-state index contributed by atoms with van der Waals surface area (Å²) >= 11 is 0. The zero-order chi connectivity index (χ0) is 26.6. The number of aromatic amines is 1. The van der Waals surface area contributed by atoms with Gasteiger partial charge in [0, 0.05) is 24.3 Å². The maximum atomic E-state index is 13.3. The Morgan fingerprint density at radius 1 is 1.11 bits per heavy atom. The van der Waals surface area contributed by atoms with Gasteiger partial charge in [-0.2, -0.15) is 0 Å². The minimum Gasteiger partial charge on any atom is -0.507 e. The van der Waals surface area contributed by atoms with Crippen LogP contribution in [0.15, 0.2) is 29.8 Å². The summed E-state index contributed by atoms with van der Waals surface area (Å²) in [6.07, 6.45) is 0. The number of hydrogen-bond acceptors (Lipinski definition) is 7. The maximum absolute atomic E-state index is 13.3. The third kappa shape index (κ3) is 5.02. The molecular formula is C27H35N3O6. The molecule has 1 atom stereocenters. The van der Waals surface area contributed by atoms with Crippen LogP contribution in [0.2, 0.25) is 0 Å². The Morgan fingerprint density at radius 2 is 1.75 bits per heavy atom. The first-order valence-corrected chi connectivity index (χ1v) is 12.2. The van der Waals surface area contributed by atoms with Gasteiger partial charge in [0.2, 0.25) is 0 Å². The van der Waals surface area contributed by atoms with E-state index >= 15 is 0 Å². The van der Waals surface area contributed by atoms with Crippen LogP contribution in [-0.2, 0) is 14.3 Å². The number of likely N-dealkylation sites (tertiary alicyclic amines) is 1. The monoisotopic (exact) mass is 497 g/mol. The molecule has 1 aromatic heterocycles. The number of carbonyl (C=O) groups is 3. The fraction of sp³-hybridized carbons (Fsp3) is 0.444. The van der Waals surface area contributed by atoms with Crippen molar-refractivity contribution in [3.05, 3.63) is 57.9 Å². The summed E-state index contributed by atoms with van der Waals surface area (Å²) in [6, 6.07) is 6.38. The number of nitrogens with one attached hydrogen (secondary N) is 1. The largest absolute Gasteiger partial charge is 0.507 e. The highest BCUT2D eigenvalue weighted by Crippen LogP contribution is 2.41. The number of H-pyrrole nitrogens is 1. The molecular weight excluding hydrogens is 462 g/mol. The van der Waals surface area contributed by atoms with Gasteiger partial charge in [-0.15, -0.1) is 0 Å². The molecule has 1 aromatic carbocycles. The molecule has 1 fully saturated rings. The van der Waals surface area contributed by atoms with E-state index in [-0.39, 0.29) is 17.0 Å². The van der Waals surface area contributed by atoms with Crippen LogP contribution in [0.5, 0.6) is 5.75 Å². The van der Waals surface area contributed by atoms with Gasteiger partial charge in [-0.25, -0.2) is 4.79 Å². The number of carbonyl (C=O) groups excluding carboxylic acids is 3. The first-order valence-electron chi connectivity index (χ1n) is 12.2. The molecule has 0 saturated carbocycles. The van der Waals surface area contributed by atoms with Gasteiger partial charge in [0.25, 0.3) is 11.7 Å². The van der Waals surface area contributed by atoms with Gasteiger partial charge < -0.3 is 29.4 Å². The molecule has 3 rings (SSSR count). The number of ketones is 1. The molecule has 2 N–H and O–H groups in total. The summed E-state index contributed by atoms with van der Waals surface area (Å²) in [5.41, 5.74) is 2.10. The Hall–Kier alpha value is -3.59. The molecule has 2 aromatic rings. The zero-order valence-electron chi connectivity index (χ0n) is 21.8. The molecule has 0 bridgehead atoms. The van der Waals surface area contributed by atoms with Crippen LogP contribution >= 0.6 is 0 Å². The fourth-order valence-electron chi connectivity index (χ4n) is 4.71. The Labute approximate surface area is 211 Å². The minimum atomic E-state index is -0.786. The SMILES string of the molecule is CCOc1ccc([C@@H]2C(=C(O)c3c(C)[nH]c(C(=O)OC)c3C)C(=O)C(=O)N2CCN(CC)CC)cc1. The molecule has 9 heteroatoms. The number of methoxy groups -OCH3 is 1. The first-order chi connectivity index (χ1) is 17.2. The quantitative estimate of drug-likeness (QED) is 0.223. The van der Waals surface area contributed by atoms with Crippen LogP contribution < -0.4 is 4.74 Å². The number of likely N-dealkylation sites (N-methyl/N-ethyl adjacent to an activating group) is 1. The smallest absolute Gasteiger partial charge is 0.354 e. The molecule has 194 valence electrons. The lowest BCUT2D eigenvalue weighted by Gasteiger charge is -2.28. The van der Waals surface area contributed by atoms with E-state index < -0.39 is 23.7 Å². The summed E-state index contributed by atoms with van der Waals surface area (Å²) in [7, 11) is 1.27. The molecule has 1 saturated heterocycles. The molecule has 0 unspecified atom stereocenters. The second-order valence-electron chi connectivity index (χ2n) is 8.64. The average Bonchev–Trinajstić information content (AvgIpc) is 3.31. The van der Waals surface area contributed by atoms with Gasteiger partial charge in [-0.3, -0.25) is 9.59 Å². The van der Waals surface area contributed by atoms with Crippen LogP contribution in [0.4, 0.5) is 0 Å². The minimum absolute atomic E-state index is 0.00896. The number of aliphatic hydroxyl groups is 1. The summed E-state index contributed by atoms with van der Waals surface area (Å²) in [5.74, 6) is -1.66. The first kappa shape index (κ1) is 27.0. The number of benzene rings is 1. The predicted octanol–water partition coefficient (Wildman–Crippen LogP) is 3.58. The number of Topliss-reactive ketones (excluding diaryl/α,β-unsaturated/α-hetero) is 1. The van der Waals surface area contributed by atoms with Crippen LogP contribution in [0.25, 0.3) is 5.76 Å². The van der Waals surface area contributed by atoms with E-state index in [4.69, 9.17) is 9.47 Å². The van der Waals surface area contributed by atoms with E-state index in [1.54, 1.807) is 38.1 Å². The van der Waals surface area contributed by atoms with Gasteiger partial charge in [0.1, 0.15) is 17.2 Å². The fourth-order valence-corrected chi connectivity index (χ4v) is 4.71. The summed E-state index contributed by atoms with van der Waals surface area (Å²) in [5, 5.41) is 11.5. The highest BCUT2D eigenvalue weighted by atomic mass is 16.5. The number of hydrogen-bond donors (Lipinski definition) is 2. The lowest BCUT2D eigenvalue weighted by molar-refractivity contribution is -0.140. The normalized spacial score (nSPS) is 17.2. The van der Waals surface area contributed by atoms with Crippen LogP contribution in [-0.4, -0.2) is 77.4 Å². The number of ether oxygens (including phenoxy) is 2. The van der Waals surface area contributed by atoms with Gasteiger partial charge in [0.05, 0.1) is 25.3 Å². The van der Waals surface area contributed by atoms with Gasteiger partial charge in [0.15, 0.2) is 0 Å². The van der Waals surface area contributed by atoms with Gasteiger partial charge in [-0.05, 0) is 57.1 Å². The molecule has 1 amide bonds. The van der Waals surface area contributed by atoms with Crippen molar-refractivity contribution in [3.8, 4) is 5.75 Å². The zero-order valence-corrected chi connectivity index (χ0v) is 21.8. The van der Waals surface area contributed by atoms with Crippen LogP contribution in [0.1, 0.15) is 59.7 Å². The number of nitrogens with zero attached hydrogens (tertiary/aromatic N) is 2.